The highest BCUT2D eigenvalue weighted by molar-refractivity contribution is 4.97. The van der Waals surface area contributed by atoms with Crippen LogP contribution in [-0.4, -0.2) is 54.6 Å². The molecule has 112 valence electrons. The summed E-state index contributed by atoms with van der Waals surface area (Å²) in [5.74, 6) is 0. The Kier molecular flexibility index (Phi) is 4.91. The van der Waals surface area contributed by atoms with Crippen LogP contribution < -0.4 is 5.73 Å². The van der Waals surface area contributed by atoms with Gasteiger partial charge in [-0.1, -0.05) is 20.8 Å². The summed E-state index contributed by atoms with van der Waals surface area (Å²) in [5.41, 5.74) is 7.03. The van der Waals surface area contributed by atoms with E-state index in [0.717, 1.165) is 6.54 Å². The molecule has 2 aliphatic rings. The molecule has 2 N–H and O–H groups in total. The second-order valence-electron chi connectivity index (χ2n) is 7.37. The molecule has 0 atom stereocenters. The van der Waals surface area contributed by atoms with Crippen molar-refractivity contribution in [2.45, 2.75) is 58.4 Å². The highest BCUT2D eigenvalue weighted by Gasteiger charge is 2.39. The topological polar surface area (TPSA) is 32.5 Å². The fourth-order valence-electron chi connectivity index (χ4n) is 3.83. The molecule has 2 fully saturated rings. The minimum absolute atomic E-state index is 0.298. The van der Waals surface area contributed by atoms with Crippen LogP contribution in [0.15, 0.2) is 0 Å². The smallest absolute Gasteiger partial charge is 0.0356 e. The molecule has 2 heterocycles. The van der Waals surface area contributed by atoms with Crippen molar-refractivity contribution in [2.24, 2.45) is 11.1 Å². The van der Waals surface area contributed by atoms with Crippen molar-refractivity contribution in [3.05, 3.63) is 0 Å². The first-order valence-corrected chi connectivity index (χ1v) is 8.19. The molecule has 0 unspecified atom stereocenters. The van der Waals surface area contributed by atoms with Crippen molar-refractivity contribution in [2.75, 3.05) is 39.3 Å². The maximum absolute atomic E-state index is 6.21. The lowest BCUT2D eigenvalue weighted by molar-refractivity contribution is 0.0287. The van der Waals surface area contributed by atoms with E-state index in [1.54, 1.807) is 0 Å². The summed E-state index contributed by atoms with van der Waals surface area (Å²) in [7, 11) is 0. The second kappa shape index (κ2) is 6.11. The zero-order chi connectivity index (χ0) is 13.9. The van der Waals surface area contributed by atoms with Crippen LogP contribution in [0.25, 0.3) is 0 Å². The van der Waals surface area contributed by atoms with E-state index in [0.29, 0.717) is 11.0 Å². The molecule has 19 heavy (non-hydrogen) atoms. The van der Waals surface area contributed by atoms with Crippen molar-refractivity contribution < 1.29 is 0 Å². The number of rotatable bonds is 3. The van der Waals surface area contributed by atoms with Crippen LogP contribution in [-0.2, 0) is 0 Å². The maximum Gasteiger partial charge on any atom is 0.0356 e. The van der Waals surface area contributed by atoms with Gasteiger partial charge in [-0.2, -0.15) is 0 Å². The van der Waals surface area contributed by atoms with Gasteiger partial charge in [0.05, 0.1) is 0 Å². The number of hydrogen-bond donors (Lipinski definition) is 1. The fraction of sp³-hybridized carbons (Fsp3) is 1.00. The molecular weight excluding hydrogens is 234 g/mol. The molecule has 2 rings (SSSR count). The summed E-state index contributed by atoms with van der Waals surface area (Å²) in [6.07, 6.45) is 6.55. The monoisotopic (exact) mass is 267 g/mol. The SMILES string of the molecule is CCN1CCC(CN)(N2CCCC(C)(C)CC2)CC1. The first-order valence-electron chi connectivity index (χ1n) is 8.19. The Morgan fingerprint density at radius 2 is 1.63 bits per heavy atom. The summed E-state index contributed by atoms with van der Waals surface area (Å²) in [5, 5.41) is 0. The van der Waals surface area contributed by atoms with Gasteiger partial charge in [0.2, 0.25) is 0 Å². The van der Waals surface area contributed by atoms with Crippen molar-refractivity contribution in [1.29, 1.82) is 0 Å². The molecule has 3 nitrogen and oxygen atoms in total. The van der Waals surface area contributed by atoms with E-state index < -0.39 is 0 Å². The lowest BCUT2D eigenvalue weighted by atomic mass is 9.84. The van der Waals surface area contributed by atoms with Crippen LogP contribution in [0.3, 0.4) is 0 Å². The lowest BCUT2D eigenvalue weighted by Gasteiger charge is -2.48. The van der Waals surface area contributed by atoms with Gasteiger partial charge in [0.15, 0.2) is 0 Å². The first-order chi connectivity index (χ1) is 9.01. The standard InChI is InChI=1S/C16H33N3/c1-4-18-11-8-16(14-17,9-12-18)19-10-5-6-15(2,3)7-13-19/h4-14,17H2,1-3H3. The quantitative estimate of drug-likeness (QED) is 0.852. The van der Waals surface area contributed by atoms with E-state index in [9.17, 15) is 0 Å². The molecule has 0 aromatic rings. The van der Waals surface area contributed by atoms with Crippen molar-refractivity contribution in [1.82, 2.24) is 9.80 Å². The van der Waals surface area contributed by atoms with Crippen LogP contribution in [0.4, 0.5) is 0 Å². The van der Waals surface area contributed by atoms with E-state index in [1.807, 2.05) is 0 Å². The van der Waals surface area contributed by atoms with Gasteiger partial charge in [0.1, 0.15) is 0 Å². The molecule has 0 aromatic carbocycles. The van der Waals surface area contributed by atoms with E-state index >= 15 is 0 Å². The average Bonchev–Trinajstić information content (AvgIpc) is 2.60. The Hall–Kier alpha value is -0.120. The number of likely N-dealkylation sites (tertiary alicyclic amines) is 2. The fourth-order valence-corrected chi connectivity index (χ4v) is 3.83. The zero-order valence-electron chi connectivity index (χ0n) is 13.2. The van der Waals surface area contributed by atoms with Gasteiger partial charge in [-0.3, -0.25) is 4.90 Å². The van der Waals surface area contributed by atoms with Crippen LogP contribution in [0.2, 0.25) is 0 Å². The minimum Gasteiger partial charge on any atom is -0.329 e. The van der Waals surface area contributed by atoms with Crippen LogP contribution in [0.5, 0.6) is 0 Å². The number of nitrogens with zero attached hydrogens (tertiary/aromatic N) is 2. The molecule has 2 aliphatic heterocycles. The van der Waals surface area contributed by atoms with Crippen LogP contribution in [0.1, 0.15) is 52.9 Å². The summed E-state index contributed by atoms with van der Waals surface area (Å²) in [6.45, 7) is 14.1. The van der Waals surface area contributed by atoms with E-state index in [4.69, 9.17) is 5.73 Å². The highest BCUT2D eigenvalue weighted by Crippen LogP contribution is 2.35. The zero-order valence-corrected chi connectivity index (χ0v) is 13.2. The lowest BCUT2D eigenvalue weighted by Crippen LogP contribution is -2.59. The van der Waals surface area contributed by atoms with Crippen molar-refractivity contribution in [3.63, 3.8) is 0 Å². The normalized spacial score (nSPS) is 29.1. The summed E-state index contributed by atoms with van der Waals surface area (Å²) in [4.78, 5) is 5.31. The maximum atomic E-state index is 6.21. The largest absolute Gasteiger partial charge is 0.329 e. The summed E-state index contributed by atoms with van der Waals surface area (Å²) in [6, 6.07) is 0. The molecule has 0 aromatic heterocycles. The van der Waals surface area contributed by atoms with Gasteiger partial charge in [-0.05, 0) is 70.2 Å². The van der Waals surface area contributed by atoms with Gasteiger partial charge in [-0.25, -0.2) is 0 Å². The molecule has 0 radical (unpaired) electrons. The number of piperidine rings is 1. The van der Waals surface area contributed by atoms with Gasteiger partial charge in [0.25, 0.3) is 0 Å². The Labute approximate surface area is 119 Å². The number of nitrogens with two attached hydrogens (primary N) is 1. The van der Waals surface area contributed by atoms with Crippen LogP contribution in [0, 0.1) is 5.41 Å². The Bertz CT molecular complexity index is 280. The van der Waals surface area contributed by atoms with E-state index in [-0.39, 0.29) is 0 Å². The summed E-state index contributed by atoms with van der Waals surface area (Å²) < 4.78 is 0. The molecule has 0 aliphatic carbocycles. The second-order valence-corrected chi connectivity index (χ2v) is 7.37. The molecular formula is C16H33N3. The Balaban J connectivity index is 2.01. The van der Waals surface area contributed by atoms with Gasteiger partial charge in [0, 0.05) is 12.1 Å². The molecule has 2 saturated heterocycles. The van der Waals surface area contributed by atoms with Crippen molar-refractivity contribution in [3.8, 4) is 0 Å². The highest BCUT2D eigenvalue weighted by atomic mass is 15.2. The molecule has 0 amide bonds. The summed E-state index contributed by atoms with van der Waals surface area (Å²) >= 11 is 0. The van der Waals surface area contributed by atoms with Gasteiger partial charge in [-0.15, -0.1) is 0 Å². The molecule has 0 spiro atoms. The predicted molar refractivity (Wildman–Crippen MR) is 82.3 cm³/mol. The molecule has 3 heteroatoms. The average molecular weight is 267 g/mol. The van der Waals surface area contributed by atoms with Crippen molar-refractivity contribution >= 4 is 0 Å². The minimum atomic E-state index is 0.298. The van der Waals surface area contributed by atoms with Crippen LogP contribution >= 0.6 is 0 Å². The van der Waals surface area contributed by atoms with Gasteiger partial charge < -0.3 is 10.6 Å². The third-order valence-electron chi connectivity index (χ3n) is 5.62. The Morgan fingerprint density at radius 1 is 0.947 bits per heavy atom. The predicted octanol–water partition coefficient (Wildman–Crippen LogP) is 2.31. The first kappa shape index (κ1) is 15.3. The molecule has 0 bridgehead atoms. The third-order valence-corrected chi connectivity index (χ3v) is 5.62. The molecule has 0 saturated carbocycles. The van der Waals surface area contributed by atoms with E-state index in [2.05, 4.69) is 30.6 Å². The third kappa shape index (κ3) is 3.50. The van der Waals surface area contributed by atoms with Gasteiger partial charge >= 0.3 is 0 Å². The Morgan fingerprint density at radius 3 is 2.21 bits per heavy atom. The van der Waals surface area contributed by atoms with E-state index in [1.165, 1.54) is 64.8 Å². The number of hydrogen-bond acceptors (Lipinski definition) is 3.